The monoisotopic (exact) mass is 333 g/mol. The normalized spacial score (nSPS) is 21.3. The molecule has 1 aliphatic rings. The molecule has 1 saturated carbocycles. The maximum atomic E-state index is 12.5. The molecule has 0 unspecified atom stereocenters. The zero-order valence-electron chi connectivity index (χ0n) is 13.6. The molecule has 1 heterocycles. The number of anilines is 1. The van der Waals surface area contributed by atoms with E-state index in [0.29, 0.717) is 5.92 Å². The highest BCUT2D eigenvalue weighted by Crippen LogP contribution is 2.28. The van der Waals surface area contributed by atoms with Gasteiger partial charge in [0.15, 0.2) is 0 Å². The molecule has 124 valence electrons. The van der Waals surface area contributed by atoms with Crippen LogP contribution in [0.3, 0.4) is 0 Å². The lowest BCUT2D eigenvalue weighted by Crippen LogP contribution is -2.42. The predicted octanol–water partition coefficient (Wildman–Crippen LogP) is 3.62. The fraction of sp³-hybridized carbons (Fsp3) is 0.529. The van der Waals surface area contributed by atoms with Crippen molar-refractivity contribution < 1.29 is 9.90 Å². The molecular weight excluding hydrogens is 310 g/mol. The number of carbonyl (C=O) groups excluding carboxylic acids is 1. The van der Waals surface area contributed by atoms with Crippen molar-refractivity contribution >= 4 is 33.3 Å². The smallest absolute Gasteiger partial charge is 0.321 e. The van der Waals surface area contributed by atoms with E-state index >= 15 is 0 Å². The van der Waals surface area contributed by atoms with Gasteiger partial charge in [0, 0.05) is 25.4 Å². The SMILES string of the molecule is Cc1nc2ccc(NC(=O)N(C)C3CCC(CO)CC3)cc2s1. The van der Waals surface area contributed by atoms with Crippen LogP contribution in [0.25, 0.3) is 10.2 Å². The standard InChI is InChI=1S/C17H23N3O2S/c1-11-18-15-8-5-13(9-16(15)23-11)19-17(22)20(2)14-6-3-12(10-21)4-7-14/h5,8-9,12,14,21H,3-4,6-7,10H2,1-2H3,(H,19,22). The third-order valence-electron chi connectivity index (χ3n) is 4.69. The number of benzene rings is 1. The predicted molar refractivity (Wildman–Crippen MR) is 94.0 cm³/mol. The number of carbonyl (C=O) groups is 1. The van der Waals surface area contributed by atoms with Crippen molar-refractivity contribution in [2.45, 2.75) is 38.6 Å². The van der Waals surface area contributed by atoms with Crippen LogP contribution in [0.5, 0.6) is 0 Å². The number of nitrogens with one attached hydrogen (secondary N) is 1. The highest BCUT2D eigenvalue weighted by molar-refractivity contribution is 7.18. The fourth-order valence-corrected chi connectivity index (χ4v) is 4.08. The minimum absolute atomic E-state index is 0.0713. The maximum Gasteiger partial charge on any atom is 0.321 e. The van der Waals surface area contributed by atoms with Gasteiger partial charge in [0.2, 0.25) is 0 Å². The Labute approximate surface area is 140 Å². The van der Waals surface area contributed by atoms with Crippen molar-refractivity contribution in [1.29, 1.82) is 0 Å². The van der Waals surface area contributed by atoms with Gasteiger partial charge in [0.05, 0.1) is 15.2 Å². The quantitative estimate of drug-likeness (QED) is 0.901. The van der Waals surface area contributed by atoms with E-state index < -0.39 is 0 Å². The first-order valence-electron chi connectivity index (χ1n) is 8.08. The van der Waals surface area contributed by atoms with Crippen molar-refractivity contribution in [3.63, 3.8) is 0 Å². The summed E-state index contributed by atoms with van der Waals surface area (Å²) in [7, 11) is 1.86. The number of hydrogen-bond acceptors (Lipinski definition) is 4. The van der Waals surface area contributed by atoms with E-state index in [4.69, 9.17) is 0 Å². The van der Waals surface area contributed by atoms with Crippen molar-refractivity contribution in [2.75, 3.05) is 19.0 Å². The second-order valence-corrected chi connectivity index (χ2v) is 7.55. The minimum atomic E-state index is -0.0713. The lowest BCUT2D eigenvalue weighted by molar-refractivity contribution is 0.139. The van der Waals surface area contributed by atoms with Crippen molar-refractivity contribution in [3.05, 3.63) is 23.2 Å². The van der Waals surface area contributed by atoms with E-state index in [0.717, 1.165) is 46.6 Å². The number of hydrogen-bond donors (Lipinski definition) is 2. The summed E-state index contributed by atoms with van der Waals surface area (Å²) in [5.74, 6) is 0.402. The average molecular weight is 333 g/mol. The Morgan fingerprint density at radius 3 is 2.83 bits per heavy atom. The number of aliphatic hydroxyl groups excluding tert-OH is 1. The number of aryl methyl sites for hydroxylation is 1. The van der Waals surface area contributed by atoms with Crippen molar-refractivity contribution in [2.24, 2.45) is 5.92 Å². The molecule has 0 radical (unpaired) electrons. The van der Waals surface area contributed by atoms with Crippen LogP contribution in [0, 0.1) is 12.8 Å². The first-order chi connectivity index (χ1) is 11.1. The second kappa shape index (κ2) is 6.84. The summed E-state index contributed by atoms with van der Waals surface area (Å²) in [6, 6.07) is 6.01. The molecule has 0 aliphatic heterocycles. The highest BCUT2D eigenvalue weighted by atomic mass is 32.1. The molecule has 0 atom stereocenters. The molecule has 0 spiro atoms. The molecule has 1 aliphatic carbocycles. The van der Waals surface area contributed by atoms with Crippen LogP contribution >= 0.6 is 11.3 Å². The van der Waals surface area contributed by atoms with Gasteiger partial charge < -0.3 is 15.3 Å². The molecule has 23 heavy (non-hydrogen) atoms. The zero-order valence-corrected chi connectivity index (χ0v) is 14.4. The number of rotatable bonds is 3. The van der Waals surface area contributed by atoms with Crippen LogP contribution in [-0.2, 0) is 0 Å². The van der Waals surface area contributed by atoms with Gasteiger partial charge in [0.1, 0.15) is 0 Å². The summed E-state index contributed by atoms with van der Waals surface area (Å²) in [6.45, 7) is 2.25. The number of thiazole rings is 1. The van der Waals surface area contributed by atoms with E-state index in [2.05, 4.69) is 10.3 Å². The van der Waals surface area contributed by atoms with Crippen LogP contribution in [0.2, 0.25) is 0 Å². The first kappa shape index (κ1) is 16.2. The molecule has 0 saturated heterocycles. The van der Waals surface area contributed by atoms with Crippen LogP contribution < -0.4 is 5.32 Å². The largest absolute Gasteiger partial charge is 0.396 e. The molecule has 5 nitrogen and oxygen atoms in total. The van der Waals surface area contributed by atoms with E-state index in [-0.39, 0.29) is 18.7 Å². The van der Waals surface area contributed by atoms with Gasteiger partial charge in [-0.05, 0) is 56.7 Å². The minimum Gasteiger partial charge on any atom is -0.396 e. The average Bonchev–Trinajstić information content (AvgIpc) is 2.93. The molecule has 1 aromatic carbocycles. The fourth-order valence-electron chi connectivity index (χ4n) is 3.21. The molecule has 6 heteroatoms. The zero-order chi connectivity index (χ0) is 16.4. The number of amides is 2. The van der Waals surface area contributed by atoms with Crippen LogP contribution in [0.1, 0.15) is 30.7 Å². The van der Waals surface area contributed by atoms with Crippen LogP contribution in [0.4, 0.5) is 10.5 Å². The first-order valence-corrected chi connectivity index (χ1v) is 8.90. The summed E-state index contributed by atoms with van der Waals surface area (Å²) in [4.78, 5) is 18.7. The molecule has 2 N–H and O–H groups in total. The van der Waals surface area contributed by atoms with Crippen molar-refractivity contribution in [3.8, 4) is 0 Å². The number of nitrogens with zero attached hydrogens (tertiary/aromatic N) is 2. The Hall–Kier alpha value is -1.66. The molecular formula is C17H23N3O2S. The van der Waals surface area contributed by atoms with Crippen LogP contribution in [0.15, 0.2) is 18.2 Å². The van der Waals surface area contributed by atoms with Crippen LogP contribution in [-0.4, -0.2) is 40.7 Å². The van der Waals surface area contributed by atoms with Gasteiger partial charge in [-0.25, -0.2) is 9.78 Å². The highest BCUT2D eigenvalue weighted by Gasteiger charge is 2.26. The van der Waals surface area contributed by atoms with Gasteiger partial charge >= 0.3 is 6.03 Å². The van der Waals surface area contributed by atoms with E-state index in [1.807, 2.05) is 32.2 Å². The second-order valence-electron chi connectivity index (χ2n) is 6.31. The molecule has 2 aromatic rings. The maximum absolute atomic E-state index is 12.5. The number of fused-ring (bicyclic) bond motifs is 1. The third kappa shape index (κ3) is 3.64. The lowest BCUT2D eigenvalue weighted by atomic mass is 9.86. The van der Waals surface area contributed by atoms with Gasteiger partial charge in [-0.1, -0.05) is 0 Å². The van der Waals surface area contributed by atoms with Gasteiger partial charge in [0.25, 0.3) is 0 Å². The van der Waals surface area contributed by atoms with Crippen molar-refractivity contribution in [1.82, 2.24) is 9.88 Å². The number of aliphatic hydroxyl groups is 1. The molecule has 0 bridgehead atoms. The topological polar surface area (TPSA) is 65.5 Å². The van der Waals surface area contributed by atoms with E-state index in [1.165, 1.54) is 0 Å². The summed E-state index contributed by atoms with van der Waals surface area (Å²) in [5.41, 5.74) is 1.78. The van der Waals surface area contributed by atoms with Gasteiger partial charge in [-0.15, -0.1) is 11.3 Å². The lowest BCUT2D eigenvalue weighted by Gasteiger charge is -2.34. The number of aromatic nitrogens is 1. The van der Waals surface area contributed by atoms with Gasteiger partial charge in [-0.2, -0.15) is 0 Å². The molecule has 2 amide bonds. The Morgan fingerprint density at radius 1 is 1.39 bits per heavy atom. The Bertz CT molecular complexity index is 692. The van der Waals surface area contributed by atoms with E-state index in [1.54, 1.807) is 16.2 Å². The molecule has 3 rings (SSSR count). The summed E-state index contributed by atoms with van der Waals surface area (Å²) in [5, 5.41) is 13.2. The summed E-state index contributed by atoms with van der Waals surface area (Å²) >= 11 is 1.63. The summed E-state index contributed by atoms with van der Waals surface area (Å²) < 4.78 is 1.09. The summed E-state index contributed by atoms with van der Waals surface area (Å²) in [6.07, 6.45) is 3.90. The molecule has 1 fully saturated rings. The Balaban J connectivity index is 1.63. The Kier molecular flexibility index (Phi) is 4.82. The van der Waals surface area contributed by atoms with Gasteiger partial charge in [-0.3, -0.25) is 0 Å². The Morgan fingerprint density at radius 2 is 2.13 bits per heavy atom. The third-order valence-corrected chi connectivity index (χ3v) is 5.62. The molecule has 1 aromatic heterocycles. The number of urea groups is 1. The van der Waals surface area contributed by atoms with E-state index in [9.17, 15) is 9.90 Å².